The van der Waals surface area contributed by atoms with Crippen molar-refractivity contribution in [3.8, 4) is 11.5 Å². The Morgan fingerprint density at radius 1 is 1.21 bits per heavy atom. The molecule has 4 atom stereocenters. The van der Waals surface area contributed by atoms with Crippen LogP contribution in [-0.4, -0.2) is 51.5 Å². The Balaban J connectivity index is 1.61. The lowest BCUT2D eigenvalue weighted by Crippen LogP contribution is -2.43. The lowest BCUT2D eigenvalue weighted by molar-refractivity contribution is -0.142. The lowest BCUT2D eigenvalue weighted by Gasteiger charge is -2.22. The van der Waals surface area contributed by atoms with Crippen molar-refractivity contribution in [1.82, 2.24) is 4.72 Å². The number of aliphatic hydroxyl groups excluding tert-OH is 1. The Morgan fingerprint density at radius 2 is 1.97 bits per heavy atom. The maximum atomic E-state index is 12.8. The number of para-hydroxylation sites is 1. The number of esters is 1. The van der Waals surface area contributed by atoms with E-state index in [4.69, 9.17) is 9.47 Å². The van der Waals surface area contributed by atoms with Gasteiger partial charge in [-0.15, -0.1) is 0 Å². The average molecular weight is 419 g/mol. The third-order valence-electron chi connectivity index (χ3n) is 5.23. The third-order valence-corrected chi connectivity index (χ3v) is 6.71. The molecule has 0 amide bonds. The monoisotopic (exact) mass is 419 g/mol. The van der Waals surface area contributed by atoms with E-state index < -0.39 is 34.2 Å². The molecule has 1 fully saturated rings. The Labute approximate surface area is 168 Å². The number of sulfonamides is 1. The number of methoxy groups -OCH3 is 1. The van der Waals surface area contributed by atoms with Crippen LogP contribution in [0.25, 0.3) is 0 Å². The summed E-state index contributed by atoms with van der Waals surface area (Å²) in [6.45, 7) is -0.266. The zero-order valence-corrected chi connectivity index (χ0v) is 16.5. The maximum absolute atomic E-state index is 12.8. The number of hydrogen-bond acceptors (Lipinski definition) is 7. The predicted octanol–water partition coefficient (Wildman–Crippen LogP) is 1.19. The summed E-state index contributed by atoms with van der Waals surface area (Å²) in [6.07, 6.45) is -1.01. The van der Waals surface area contributed by atoms with Gasteiger partial charge in [-0.05, 0) is 18.2 Å². The lowest BCUT2D eigenvalue weighted by atomic mass is 9.94. The van der Waals surface area contributed by atoms with Crippen LogP contribution in [0, 0.1) is 0 Å². The van der Waals surface area contributed by atoms with Crippen LogP contribution < -0.4 is 14.2 Å². The second-order valence-corrected chi connectivity index (χ2v) is 8.70. The summed E-state index contributed by atoms with van der Waals surface area (Å²) in [7, 11) is -2.54. The van der Waals surface area contributed by atoms with Crippen molar-refractivity contribution in [2.24, 2.45) is 0 Å². The summed E-state index contributed by atoms with van der Waals surface area (Å²) in [5, 5.41) is 10.5. The first kappa shape index (κ1) is 19.7. The summed E-state index contributed by atoms with van der Waals surface area (Å²) in [6, 6.07) is 12.5. The summed E-state index contributed by atoms with van der Waals surface area (Å²) >= 11 is 0. The van der Waals surface area contributed by atoms with E-state index in [2.05, 4.69) is 9.46 Å². The predicted molar refractivity (Wildman–Crippen MR) is 102 cm³/mol. The molecule has 4 unspecified atom stereocenters. The molecule has 9 heteroatoms. The second-order valence-electron chi connectivity index (χ2n) is 6.98. The molecule has 2 aliphatic rings. The zero-order valence-electron chi connectivity index (χ0n) is 15.6. The second kappa shape index (κ2) is 7.66. The van der Waals surface area contributed by atoms with Crippen molar-refractivity contribution >= 4 is 16.0 Å². The molecule has 1 saturated carbocycles. The van der Waals surface area contributed by atoms with Crippen LogP contribution >= 0.6 is 0 Å². The summed E-state index contributed by atoms with van der Waals surface area (Å²) in [4.78, 5) is 11.5. The molecule has 154 valence electrons. The van der Waals surface area contributed by atoms with Gasteiger partial charge in [0, 0.05) is 17.9 Å². The summed E-state index contributed by atoms with van der Waals surface area (Å²) in [5.41, 5.74) is 0.731. The highest BCUT2D eigenvalue weighted by atomic mass is 32.2. The van der Waals surface area contributed by atoms with Crippen LogP contribution in [0.3, 0.4) is 0 Å². The van der Waals surface area contributed by atoms with E-state index in [1.165, 1.54) is 19.2 Å². The SMILES string of the molecule is COC(=O)COc1cccc2c1OC1CC(O)C(NS(=O)(=O)c3ccccc3)C21. The first-order valence-corrected chi connectivity index (χ1v) is 10.6. The molecular formula is C20H21NO7S. The Morgan fingerprint density at radius 3 is 2.69 bits per heavy atom. The zero-order chi connectivity index (χ0) is 20.6. The molecule has 4 rings (SSSR count). The van der Waals surface area contributed by atoms with E-state index in [-0.39, 0.29) is 23.8 Å². The van der Waals surface area contributed by atoms with Crippen molar-refractivity contribution in [2.45, 2.75) is 35.5 Å². The van der Waals surface area contributed by atoms with Crippen molar-refractivity contribution in [3.63, 3.8) is 0 Å². The number of benzene rings is 2. The Kier molecular flexibility index (Phi) is 5.20. The number of nitrogens with one attached hydrogen (secondary N) is 1. The summed E-state index contributed by atoms with van der Waals surface area (Å²) < 4.78 is 44.2. The van der Waals surface area contributed by atoms with Crippen LogP contribution in [0.5, 0.6) is 11.5 Å². The highest BCUT2D eigenvalue weighted by molar-refractivity contribution is 7.89. The van der Waals surface area contributed by atoms with Gasteiger partial charge in [0.25, 0.3) is 0 Å². The minimum Gasteiger partial charge on any atom is -0.485 e. The number of hydrogen-bond donors (Lipinski definition) is 2. The van der Waals surface area contributed by atoms with Gasteiger partial charge < -0.3 is 19.3 Å². The number of carbonyl (C=O) groups is 1. The standard InChI is InChI=1S/C20H21NO7S/c1-26-17(23)11-27-15-9-5-8-13-18-16(28-20(13)15)10-14(22)19(18)21-29(24,25)12-6-3-2-4-7-12/h2-9,14,16,18-19,21-22H,10-11H2,1H3. The molecule has 2 aromatic carbocycles. The average Bonchev–Trinajstić information content (AvgIpc) is 3.22. The molecule has 1 heterocycles. The molecule has 0 spiro atoms. The van der Waals surface area contributed by atoms with E-state index >= 15 is 0 Å². The first-order valence-electron chi connectivity index (χ1n) is 9.15. The van der Waals surface area contributed by atoms with Crippen molar-refractivity contribution in [2.75, 3.05) is 13.7 Å². The Bertz CT molecular complexity index is 1010. The highest BCUT2D eigenvalue weighted by Gasteiger charge is 2.51. The first-order chi connectivity index (χ1) is 13.9. The van der Waals surface area contributed by atoms with Crippen molar-refractivity contribution in [3.05, 3.63) is 54.1 Å². The van der Waals surface area contributed by atoms with Crippen LogP contribution in [0.15, 0.2) is 53.4 Å². The van der Waals surface area contributed by atoms with E-state index in [1.807, 2.05) is 6.07 Å². The van der Waals surface area contributed by atoms with Gasteiger partial charge in [-0.2, -0.15) is 0 Å². The molecule has 8 nitrogen and oxygen atoms in total. The van der Waals surface area contributed by atoms with Gasteiger partial charge in [-0.3, -0.25) is 0 Å². The number of rotatable bonds is 6. The van der Waals surface area contributed by atoms with Crippen molar-refractivity contribution < 1.29 is 32.5 Å². The molecule has 29 heavy (non-hydrogen) atoms. The van der Waals surface area contributed by atoms with E-state index in [0.717, 1.165) is 5.56 Å². The third kappa shape index (κ3) is 3.68. The van der Waals surface area contributed by atoms with Gasteiger partial charge in [0.2, 0.25) is 10.0 Å². The molecule has 0 saturated heterocycles. The van der Waals surface area contributed by atoms with Gasteiger partial charge in [0.05, 0.1) is 24.2 Å². The van der Waals surface area contributed by atoms with Crippen LogP contribution in [0.2, 0.25) is 0 Å². The fourth-order valence-electron chi connectivity index (χ4n) is 3.90. The quantitative estimate of drug-likeness (QED) is 0.677. The van der Waals surface area contributed by atoms with Gasteiger partial charge in [0.1, 0.15) is 6.10 Å². The molecule has 2 N–H and O–H groups in total. The minimum absolute atomic E-state index is 0.130. The van der Waals surface area contributed by atoms with Gasteiger partial charge in [-0.25, -0.2) is 17.9 Å². The normalized spacial score (nSPS) is 25.0. The van der Waals surface area contributed by atoms with Gasteiger partial charge >= 0.3 is 5.97 Å². The fourth-order valence-corrected chi connectivity index (χ4v) is 5.21. The molecule has 0 aromatic heterocycles. The molecule has 0 bridgehead atoms. The van der Waals surface area contributed by atoms with Crippen LogP contribution in [-0.2, 0) is 19.6 Å². The van der Waals surface area contributed by atoms with E-state index in [0.29, 0.717) is 11.5 Å². The largest absolute Gasteiger partial charge is 0.485 e. The van der Waals surface area contributed by atoms with E-state index in [9.17, 15) is 18.3 Å². The van der Waals surface area contributed by atoms with Gasteiger partial charge in [-0.1, -0.05) is 30.3 Å². The molecule has 1 aliphatic heterocycles. The minimum atomic E-state index is -3.81. The molecule has 0 radical (unpaired) electrons. The van der Waals surface area contributed by atoms with Crippen LogP contribution in [0.1, 0.15) is 17.9 Å². The van der Waals surface area contributed by atoms with E-state index in [1.54, 1.807) is 30.3 Å². The Hall–Kier alpha value is -2.62. The number of fused-ring (bicyclic) bond motifs is 3. The molecular weight excluding hydrogens is 398 g/mol. The topological polar surface area (TPSA) is 111 Å². The number of aliphatic hydroxyl groups is 1. The van der Waals surface area contributed by atoms with Gasteiger partial charge in [0.15, 0.2) is 18.1 Å². The summed E-state index contributed by atoms with van der Waals surface area (Å²) in [5.74, 6) is -0.0615. The number of ether oxygens (including phenoxy) is 3. The van der Waals surface area contributed by atoms with Crippen molar-refractivity contribution in [1.29, 1.82) is 0 Å². The fraction of sp³-hybridized carbons (Fsp3) is 0.350. The highest BCUT2D eigenvalue weighted by Crippen LogP contribution is 2.51. The molecule has 2 aromatic rings. The number of carbonyl (C=O) groups excluding carboxylic acids is 1. The van der Waals surface area contributed by atoms with Crippen LogP contribution in [0.4, 0.5) is 0 Å². The smallest absolute Gasteiger partial charge is 0.343 e. The molecule has 1 aliphatic carbocycles. The maximum Gasteiger partial charge on any atom is 0.343 e.